The first-order valence-corrected chi connectivity index (χ1v) is 5.97. The number of anilines is 1. The minimum absolute atomic E-state index is 0.0415. The van der Waals surface area contributed by atoms with Crippen LogP contribution in [0.25, 0.3) is 5.69 Å². The molecule has 96 valence electrons. The lowest BCUT2D eigenvalue weighted by molar-refractivity contribution is 0.271. The van der Waals surface area contributed by atoms with E-state index in [0.717, 1.165) is 12.1 Å². The molecule has 2 N–H and O–H groups in total. The van der Waals surface area contributed by atoms with Crippen LogP contribution in [0.3, 0.4) is 0 Å². The molecule has 0 radical (unpaired) electrons. The minimum Gasteiger partial charge on any atom is -0.394 e. The number of hydrogen-bond acceptors (Lipinski definition) is 5. The zero-order valence-electron chi connectivity index (χ0n) is 10.5. The second-order valence-corrected chi connectivity index (χ2v) is 4.18. The molecule has 2 rings (SSSR count). The van der Waals surface area contributed by atoms with Gasteiger partial charge in [0.25, 0.3) is 0 Å². The molecular weight excluding hydrogens is 230 g/mol. The predicted octanol–water partition coefficient (Wildman–Crippen LogP) is 1.15. The number of nitrogens with one attached hydrogen (secondary N) is 1. The molecule has 1 heterocycles. The molecule has 0 aliphatic carbocycles. The maximum absolute atomic E-state index is 9.18. The molecule has 1 aromatic carbocycles. The maximum Gasteiger partial charge on any atom is 0.248 e. The highest BCUT2D eigenvalue weighted by Gasteiger charge is 2.11. The maximum atomic E-state index is 9.18. The fraction of sp³-hybridized carbons (Fsp3) is 0.417. The lowest BCUT2D eigenvalue weighted by atomic mass is 10.2. The van der Waals surface area contributed by atoms with E-state index < -0.39 is 0 Å². The Morgan fingerprint density at radius 2 is 2.06 bits per heavy atom. The molecule has 1 aromatic heterocycles. The summed E-state index contributed by atoms with van der Waals surface area (Å²) in [5.41, 5.74) is 2.07. The summed E-state index contributed by atoms with van der Waals surface area (Å²) in [6.07, 6.45) is 0.803. The van der Waals surface area contributed by atoms with Crippen molar-refractivity contribution in [2.45, 2.75) is 26.3 Å². The van der Waals surface area contributed by atoms with E-state index in [0.29, 0.717) is 5.95 Å². The van der Waals surface area contributed by atoms with Crippen molar-refractivity contribution >= 4 is 5.95 Å². The van der Waals surface area contributed by atoms with Gasteiger partial charge in [0.2, 0.25) is 5.95 Å². The van der Waals surface area contributed by atoms with Crippen molar-refractivity contribution in [1.29, 1.82) is 0 Å². The molecule has 0 amide bonds. The Kier molecular flexibility index (Phi) is 3.88. The van der Waals surface area contributed by atoms with Crippen LogP contribution in [0.2, 0.25) is 0 Å². The van der Waals surface area contributed by atoms with Crippen molar-refractivity contribution in [1.82, 2.24) is 20.2 Å². The van der Waals surface area contributed by atoms with Gasteiger partial charge in [0.15, 0.2) is 0 Å². The van der Waals surface area contributed by atoms with Gasteiger partial charge in [0, 0.05) is 0 Å². The third kappa shape index (κ3) is 2.65. The Labute approximate surface area is 106 Å². The number of nitrogens with zero attached hydrogens (tertiary/aromatic N) is 4. The lowest BCUT2D eigenvalue weighted by Gasteiger charge is -2.14. The van der Waals surface area contributed by atoms with Crippen LogP contribution in [0.15, 0.2) is 24.3 Å². The Bertz CT molecular complexity index is 489. The Morgan fingerprint density at radius 3 is 2.67 bits per heavy atom. The van der Waals surface area contributed by atoms with Crippen LogP contribution in [0.1, 0.15) is 18.9 Å². The zero-order valence-corrected chi connectivity index (χ0v) is 10.5. The van der Waals surface area contributed by atoms with Gasteiger partial charge in [-0.3, -0.25) is 0 Å². The second kappa shape index (κ2) is 5.59. The number of tetrazole rings is 1. The molecule has 0 fully saturated rings. The molecule has 18 heavy (non-hydrogen) atoms. The van der Waals surface area contributed by atoms with Crippen molar-refractivity contribution in [2.24, 2.45) is 0 Å². The number of aryl methyl sites for hydroxylation is 1. The van der Waals surface area contributed by atoms with Crippen molar-refractivity contribution in [3.8, 4) is 5.69 Å². The van der Waals surface area contributed by atoms with E-state index >= 15 is 0 Å². The van der Waals surface area contributed by atoms with Crippen LogP contribution in [0.4, 0.5) is 5.95 Å². The molecule has 0 saturated heterocycles. The summed E-state index contributed by atoms with van der Waals surface area (Å²) in [5, 5.41) is 23.8. The molecule has 2 aromatic rings. The molecule has 6 heteroatoms. The normalized spacial score (nSPS) is 12.4. The van der Waals surface area contributed by atoms with Crippen LogP contribution in [-0.4, -0.2) is 38.0 Å². The average Bonchev–Trinajstić information content (AvgIpc) is 2.85. The standard InChI is InChI=1S/C12H17N5O/c1-3-10(8-18)13-12-14-15-16-17(12)11-6-4-9(2)5-7-11/h4-7,10,18H,3,8H2,1-2H3,(H,13,14,16)/t10-/m1/s1. The highest BCUT2D eigenvalue weighted by Crippen LogP contribution is 2.13. The summed E-state index contributed by atoms with van der Waals surface area (Å²) < 4.78 is 1.62. The lowest BCUT2D eigenvalue weighted by Crippen LogP contribution is -2.24. The van der Waals surface area contributed by atoms with Crippen molar-refractivity contribution in [3.63, 3.8) is 0 Å². The van der Waals surface area contributed by atoms with Crippen LogP contribution in [0.5, 0.6) is 0 Å². The van der Waals surface area contributed by atoms with E-state index in [1.54, 1.807) is 4.68 Å². The average molecular weight is 247 g/mol. The zero-order chi connectivity index (χ0) is 13.0. The summed E-state index contributed by atoms with van der Waals surface area (Å²) in [6.45, 7) is 4.08. The number of rotatable bonds is 5. The van der Waals surface area contributed by atoms with Gasteiger partial charge < -0.3 is 10.4 Å². The summed E-state index contributed by atoms with van der Waals surface area (Å²) in [5.74, 6) is 0.541. The molecule has 0 aliphatic heterocycles. The van der Waals surface area contributed by atoms with Crippen LogP contribution in [-0.2, 0) is 0 Å². The Morgan fingerprint density at radius 1 is 1.33 bits per heavy atom. The molecule has 6 nitrogen and oxygen atoms in total. The van der Waals surface area contributed by atoms with Gasteiger partial charge in [-0.05, 0) is 35.9 Å². The third-order valence-corrected chi connectivity index (χ3v) is 2.79. The largest absolute Gasteiger partial charge is 0.394 e. The van der Waals surface area contributed by atoms with Gasteiger partial charge in [-0.25, -0.2) is 0 Å². The molecule has 0 spiro atoms. The van der Waals surface area contributed by atoms with Gasteiger partial charge >= 0.3 is 0 Å². The van der Waals surface area contributed by atoms with E-state index in [9.17, 15) is 5.11 Å². The smallest absolute Gasteiger partial charge is 0.248 e. The van der Waals surface area contributed by atoms with Gasteiger partial charge in [-0.1, -0.05) is 29.7 Å². The predicted molar refractivity (Wildman–Crippen MR) is 68.7 cm³/mol. The van der Waals surface area contributed by atoms with E-state index in [2.05, 4.69) is 20.8 Å². The topological polar surface area (TPSA) is 75.9 Å². The highest BCUT2D eigenvalue weighted by atomic mass is 16.3. The second-order valence-electron chi connectivity index (χ2n) is 4.18. The number of aliphatic hydroxyl groups excluding tert-OH is 1. The van der Waals surface area contributed by atoms with Crippen molar-refractivity contribution in [2.75, 3.05) is 11.9 Å². The quantitative estimate of drug-likeness (QED) is 0.829. The molecular formula is C12H17N5O. The summed E-state index contributed by atoms with van der Waals surface area (Å²) in [6, 6.07) is 7.88. The Balaban J connectivity index is 2.24. The first-order valence-electron chi connectivity index (χ1n) is 5.97. The molecule has 0 bridgehead atoms. The van der Waals surface area contributed by atoms with Crippen LogP contribution < -0.4 is 5.32 Å². The van der Waals surface area contributed by atoms with Crippen LogP contribution >= 0.6 is 0 Å². The SMILES string of the molecule is CC[C@H](CO)Nc1nnnn1-c1ccc(C)cc1. The van der Waals surface area contributed by atoms with E-state index in [4.69, 9.17) is 0 Å². The number of aliphatic hydroxyl groups is 1. The van der Waals surface area contributed by atoms with Crippen LogP contribution in [0, 0.1) is 6.92 Å². The van der Waals surface area contributed by atoms with E-state index in [-0.39, 0.29) is 12.6 Å². The van der Waals surface area contributed by atoms with Gasteiger partial charge in [0.05, 0.1) is 18.3 Å². The Hall–Kier alpha value is -1.95. The van der Waals surface area contributed by atoms with E-state index in [1.807, 2.05) is 38.1 Å². The first kappa shape index (κ1) is 12.5. The summed E-state index contributed by atoms with van der Waals surface area (Å²) >= 11 is 0. The minimum atomic E-state index is -0.0415. The van der Waals surface area contributed by atoms with Crippen molar-refractivity contribution < 1.29 is 5.11 Å². The fourth-order valence-electron chi connectivity index (χ4n) is 1.60. The van der Waals surface area contributed by atoms with Crippen molar-refractivity contribution in [3.05, 3.63) is 29.8 Å². The number of benzene rings is 1. The monoisotopic (exact) mass is 247 g/mol. The summed E-state index contributed by atoms with van der Waals surface area (Å²) in [7, 11) is 0. The molecule has 1 atom stereocenters. The summed E-state index contributed by atoms with van der Waals surface area (Å²) in [4.78, 5) is 0. The fourth-order valence-corrected chi connectivity index (χ4v) is 1.60. The van der Waals surface area contributed by atoms with E-state index in [1.165, 1.54) is 5.56 Å². The van der Waals surface area contributed by atoms with Gasteiger partial charge in [-0.2, -0.15) is 4.68 Å². The third-order valence-electron chi connectivity index (χ3n) is 2.79. The molecule has 0 saturated carbocycles. The number of hydrogen-bond donors (Lipinski definition) is 2. The van der Waals surface area contributed by atoms with Gasteiger partial charge in [0.1, 0.15) is 0 Å². The van der Waals surface area contributed by atoms with Gasteiger partial charge in [-0.15, -0.1) is 0 Å². The first-order chi connectivity index (χ1) is 8.74. The number of aromatic nitrogens is 4. The molecule has 0 aliphatic rings. The highest BCUT2D eigenvalue weighted by molar-refractivity contribution is 5.40. The molecule has 0 unspecified atom stereocenters.